The molecular weight excluding hydrogens is 391 g/mol. The van der Waals surface area contributed by atoms with Crippen molar-refractivity contribution in [1.29, 1.82) is 0 Å². The van der Waals surface area contributed by atoms with Crippen LogP contribution >= 0.6 is 0 Å². The standard InChI is InChI=1S/C20H29FN6O3/c1-9-7-25(8-13(9)14(22)11(3)30-4)17-10(2)16-15(24-18(17)21)19(28)27(23)20(29)26(16)12-5-6-12/h9,11-14H,5-8,22-23H2,1-4H3. The van der Waals surface area contributed by atoms with Gasteiger partial charge in [0.05, 0.1) is 17.3 Å². The molecule has 0 amide bonds. The molecule has 2 fully saturated rings. The van der Waals surface area contributed by atoms with Crippen LogP contribution < -0.4 is 27.7 Å². The Morgan fingerprint density at radius 2 is 1.93 bits per heavy atom. The third-order valence-electron chi connectivity index (χ3n) is 6.72. The highest BCUT2D eigenvalue weighted by Gasteiger charge is 2.39. The van der Waals surface area contributed by atoms with Gasteiger partial charge in [0.15, 0.2) is 5.52 Å². The molecule has 3 heterocycles. The maximum absolute atomic E-state index is 15.2. The molecule has 0 radical (unpaired) electrons. The van der Waals surface area contributed by atoms with Gasteiger partial charge >= 0.3 is 11.2 Å². The molecule has 0 bridgehead atoms. The molecule has 2 aromatic rings. The Morgan fingerprint density at radius 3 is 2.53 bits per heavy atom. The number of rotatable bonds is 5. The smallest absolute Gasteiger partial charge is 0.350 e. The van der Waals surface area contributed by atoms with Gasteiger partial charge in [-0.1, -0.05) is 6.92 Å². The van der Waals surface area contributed by atoms with Gasteiger partial charge in [-0.3, -0.25) is 9.36 Å². The minimum Gasteiger partial charge on any atom is -0.380 e. The van der Waals surface area contributed by atoms with Gasteiger partial charge in [-0.2, -0.15) is 9.07 Å². The van der Waals surface area contributed by atoms with Gasteiger partial charge in [0, 0.05) is 37.8 Å². The molecule has 4 N–H and O–H groups in total. The number of nitrogen functional groups attached to an aromatic ring is 1. The minimum atomic E-state index is -0.788. The van der Waals surface area contributed by atoms with Gasteiger partial charge in [-0.25, -0.2) is 9.78 Å². The van der Waals surface area contributed by atoms with E-state index in [9.17, 15) is 9.59 Å². The van der Waals surface area contributed by atoms with Crippen LogP contribution in [0, 0.1) is 24.7 Å². The molecule has 1 aliphatic heterocycles. The number of nitrogens with zero attached hydrogens (tertiary/aromatic N) is 4. The molecule has 2 aliphatic rings. The van der Waals surface area contributed by atoms with Gasteiger partial charge in [-0.05, 0) is 38.5 Å². The molecule has 9 nitrogen and oxygen atoms in total. The van der Waals surface area contributed by atoms with E-state index in [1.165, 1.54) is 4.57 Å². The van der Waals surface area contributed by atoms with Crippen molar-refractivity contribution in [3.05, 3.63) is 32.3 Å². The van der Waals surface area contributed by atoms with Crippen LogP contribution in [0.5, 0.6) is 0 Å². The zero-order valence-corrected chi connectivity index (χ0v) is 17.8. The summed E-state index contributed by atoms with van der Waals surface area (Å²) in [6, 6.07) is -0.240. The van der Waals surface area contributed by atoms with Crippen LogP contribution in [-0.4, -0.2) is 46.6 Å². The fourth-order valence-corrected chi connectivity index (χ4v) is 4.73. The van der Waals surface area contributed by atoms with E-state index in [0.29, 0.717) is 34.5 Å². The first kappa shape index (κ1) is 20.8. The zero-order valence-electron chi connectivity index (χ0n) is 17.8. The third kappa shape index (κ3) is 3.09. The lowest BCUT2D eigenvalue weighted by molar-refractivity contribution is 0.0727. The number of anilines is 1. The number of ether oxygens (including phenoxy) is 1. The van der Waals surface area contributed by atoms with Crippen LogP contribution in [0.4, 0.5) is 10.1 Å². The molecule has 4 unspecified atom stereocenters. The lowest BCUT2D eigenvalue weighted by Gasteiger charge is -2.27. The summed E-state index contributed by atoms with van der Waals surface area (Å²) in [6.45, 7) is 6.89. The zero-order chi connectivity index (χ0) is 21.9. The molecule has 2 aromatic heterocycles. The predicted molar refractivity (Wildman–Crippen MR) is 113 cm³/mol. The summed E-state index contributed by atoms with van der Waals surface area (Å²) in [5, 5.41) is 0. The van der Waals surface area contributed by atoms with Gasteiger partial charge in [0.25, 0.3) is 0 Å². The van der Waals surface area contributed by atoms with Crippen molar-refractivity contribution in [2.45, 2.75) is 51.8 Å². The minimum absolute atomic E-state index is 0.0459. The molecule has 1 saturated heterocycles. The summed E-state index contributed by atoms with van der Waals surface area (Å²) in [7, 11) is 1.63. The van der Waals surface area contributed by atoms with Crippen LogP contribution in [0.25, 0.3) is 11.0 Å². The predicted octanol–water partition coefficient (Wildman–Crippen LogP) is 0.489. The van der Waals surface area contributed by atoms with E-state index in [1.54, 1.807) is 14.0 Å². The summed E-state index contributed by atoms with van der Waals surface area (Å²) in [5.41, 5.74) is 6.11. The second-order valence-electron chi connectivity index (χ2n) is 8.70. The van der Waals surface area contributed by atoms with Crippen molar-refractivity contribution >= 4 is 16.7 Å². The molecule has 1 saturated carbocycles. The maximum atomic E-state index is 15.2. The van der Waals surface area contributed by atoms with Gasteiger partial charge in [0.2, 0.25) is 5.95 Å². The number of nitrogens with two attached hydrogens (primary N) is 2. The molecule has 0 aromatic carbocycles. The molecule has 4 rings (SSSR count). The summed E-state index contributed by atoms with van der Waals surface area (Å²) in [5.74, 6) is 5.25. The first-order chi connectivity index (χ1) is 14.2. The first-order valence-electron chi connectivity index (χ1n) is 10.3. The largest absolute Gasteiger partial charge is 0.380 e. The highest BCUT2D eigenvalue weighted by atomic mass is 19.1. The van der Waals surface area contributed by atoms with Crippen molar-refractivity contribution < 1.29 is 9.13 Å². The summed E-state index contributed by atoms with van der Waals surface area (Å²) < 4.78 is 22.6. The number of hydrogen-bond acceptors (Lipinski definition) is 7. The van der Waals surface area contributed by atoms with E-state index in [0.717, 1.165) is 12.8 Å². The monoisotopic (exact) mass is 420 g/mol. The topological polar surface area (TPSA) is 121 Å². The molecule has 4 atom stereocenters. The maximum Gasteiger partial charge on any atom is 0.350 e. The third-order valence-corrected chi connectivity index (χ3v) is 6.72. The van der Waals surface area contributed by atoms with E-state index in [4.69, 9.17) is 16.3 Å². The summed E-state index contributed by atoms with van der Waals surface area (Å²) >= 11 is 0. The van der Waals surface area contributed by atoms with Gasteiger partial charge in [-0.15, -0.1) is 0 Å². The second-order valence-corrected chi connectivity index (χ2v) is 8.70. The fourth-order valence-electron chi connectivity index (χ4n) is 4.73. The number of aryl methyl sites for hydroxylation is 1. The van der Waals surface area contributed by atoms with Crippen LogP contribution in [0.15, 0.2) is 9.59 Å². The van der Waals surface area contributed by atoms with Gasteiger partial charge < -0.3 is 21.2 Å². The van der Waals surface area contributed by atoms with Crippen LogP contribution in [0.1, 0.15) is 38.3 Å². The number of hydrogen-bond donors (Lipinski definition) is 2. The van der Waals surface area contributed by atoms with Crippen LogP contribution in [-0.2, 0) is 4.74 Å². The second kappa shape index (κ2) is 7.35. The van der Waals surface area contributed by atoms with Crippen LogP contribution in [0.3, 0.4) is 0 Å². The Kier molecular flexibility index (Phi) is 5.09. The Morgan fingerprint density at radius 1 is 1.27 bits per heavy atom. The molecular formula is C20H29FN6O3. The lowest BCUT2D eigenvalue weighted by atomic mass is 9.88. The number of aromatic nitrogens is 3. The van der Waals surface area contributed by atoms with Crippen molar-refractivity contribution in [2.75, 3.05) is 30.9 Å². The number of fused-ring (bicyclic) bond motifs is 1. The average Bonchev–Trinajstić information content (AvgIpc) is 3.48. The van der Waals surface area contributed by atoms with Crippen LogP contribution in [0.2, 0.25) is 0 Å². The number of pyridine rings is 1. The van der Waals surface area contributed by atoms with E-state index in [-0.39, 0.29) is 35.5 Å². The molecule has 0 spiro atoms. The Bertz CT molecular complexity index is 1110. The van der Waals surface area contributed by atoms with E-state index >= 15 is 4.39 Å². The normalized spacial score (nSPS) is 23.9. The molecule has 30 heavy (non-hydrogen) atoms. The lowest BCUT2D eigenvalue weighted by Crippen LogP contribution is -2.45. The quantitative estimate of drug-likeness (QED) is 0.533. The fraction of sp³-hybridized carbons (Fsp3) is 0.650. The van der Waals surface area contributed by atoms with E-state index in [2.05, 4.69) is 11.9 Å². The molecule has 1 aliphatic carbocycles. The molecule has 164 valence electrons. The average molecular weight is 420 g/mol. The van der Waals surface area contributed by atoms with Crippen molar-refractivity contribution in [2.24, 2.45) is 17.6 Å². The summed E-state index contributed by atoms with van der Waals surface area (Å²) in [4.78, 5) is 31.1. The van der Waals surface area contributed by atoms with Crippen molar-refractivity contribution in [3.8, 4) is 0 Å². The highest BCUT2D eigenvalue weighted by Crippen LogP contribution is 2.39. The Hall–Kier alpha value is -2.46. The first-order valence-corrected chi connectivity index (χ1v) is 10.3. The van der Waals surface area contributed by atoms with E-state index < -0.39 is 17.2 Å². The van der Waals surface area contributed by atoms with Gasteiger partial charge in [0.1, 0.15) is 0 Å². The number of methoxy groups -OCH3 is 1. The Balaban J connectivity index is 1.85. The summed E-state index contributed by atoms with van der Waals surface area (Å²) in [6.07, 6.45) is 1.50. The Labute approximate surface area is 173 Å². The molecule has 10 heteroatoms. The van der Waals surface area contributed by atoms with E-state index in [1.807, 2.05) is 11.8 Å². The SMILES string of the molecule is COC(C)C(N)C1CN(c2c(F)nc3c(=O)n(N)c(=O)n(C4CC4)c3c2C)CC1C. The highest BCUT2D eigenvalue weighted by molar-refractivity contribution is 5.83. The number of halogens is 1. The van der Waals surface area contributed by atoms with Crippen molar-refractivity contribution in [3.63, 3.8) is 0 Å². The van der Waals surface area contributed by atoms with Crippen molar-refractivity contribution in [1.82, 2.24) is 14.2 Å².